The predicted octanol–water partition coefficient (Wildman–Crippen LogP) is 5.71. The lowest BCUT2D eigenvalue weighted by Crippen LogP contribution is -2.09. The Morgan fingerprint density at radius 2 is 1.83 bits per heavy atom. The molecule has 0 aliphatic heterocycles. The van der Waals surface area contributed by atoms with E-state index >= 15 is 0 Å². The second-order valence-electron chi connectivity index (χ2n) is 6.39. The second-order valence-corrected chi connectivity index (χ2v) is 7.25. The first-order chi connectivity index (χ1) is 14.3. The highest BCUT2D eigenvalue weighted by molar-refractivity contribution is 7.14. The van der Waals surface area contributed by atoms with Crippen molar-refractivity contribution in [3.63, 3.8) is 0 Å². The summed E-state index contributed by atoms with van der Waals surface area (Å²) in [7, 11) is 0. The van der Waals surface area contributed by atoms with Crippen LogP contribution >= 0.6 is 11.3 Å². The molecule has 29 heavy (non-hydrogen) atoms. The average Bonchev–Trinajstić information content (AvgIpc) is 3.23. The van der Waals surface area contributed by atoms with Crippen LogP contribution in [0.1, 0.15) is 5.56 Å². The van der Waals surface area contributed by atoms with Gasteiger partial charge in [-0.3, -0.25) is 4.98 Å². The van der Waals surface area contributed by atoms with Crippen molar-refractivity contribution in [1.82, 2.24) is 9.97 Å². The molecule has 1 N–H and O–H groups in total. The van der Waals surface area contributed by atoms with Crippen LogP contribution in [0.4, 0.5) is 10.8 Å². The molecule has 2 aromatic carbocycles. The smallest absolute Gasteiger partial charge is 0.187 e. The number of anilines is 2. The molecule has 0 spiro atoms. The van der Waals surface area contributed by atoms with Crippen LogP contribution in [0, 0.1) is 6.92 Å². The number of nitrogens with one attached hydrogen (secondary N) is 1. The molecule has 0 fully saturated rings. The van der Waals surface area contributed by atoms with Gasteiger partial charge in [0.15, 0.2) is 5.13 Å². The number of para-hydroxylation sites is 1. The van der Waals surface area contributed by atoms with Gasteiger partial charge in [0.25, 0.3) is 0 Å². The molecule has 0 aliphatic carbocycles. The molecular formula is C23H21N3O2S. The van der Waals surface area contributed by atoms with Crippen molar-refractivity contribution in [1.29, 1.82) is 0 Å². The normalized spacial score (nSPS) is 10.5. The lowest BCUT2D eigenvalue weighted by molar-refractivity contribution is 0.216. The zero-order valence-electron chi connectivity index (χ0n) is 16.0. The fraction of sp³-hybridized carbons (Fsp3) is 0.130. The van der Waals surface area contributed by atoms with E-state index in [1.807, 2.05) is 79.2 Å². The van der Waals surface area contributed by atoms with Crippen molar-refractivity contribution in [3.8, 4) is 22.8 Å². The van der Waals surface area contributed by atoms with Gasteiger partial charge >= 0.3 is 0 Å². The lowest BCUT2D eigenvalue weighted by atomic mass is 10.2. The predicted molar refractivity (Wildman–Crippen MR) is 117 cm³/mol. The van der Waals surface area contributed by atoms with E-state index in [4.69, 9.17) is 9.47 Å². The van der Waals surface area contributed by atoms with Crippen molar-refractivity contribution in [3.05, 3.63) is 84.0 Å². The molecule has 146 valence electrons. The number of rotatable bonds is 8. The van der Waals surface area contributed by atoms with Crippen LogP contribution in [0.25, 0.3) is 11.3 Å². The Kier molecular flexibility index (Phi) is 6.02. The SMILES string of the molecule is Cc1ccc(Nc2nc(-c3cccnc3)cs2)cc1OCCOc1ccccc1. The zero-order valence-corrected chi connectivity index (χ0v) is 16.9. The van der Waals surface area contributed by atoms with Crippen LogP contribution in [0.3, 0.4) is 0 Å². The molecule has 0 saturated carbocycles. The van der Waals surface area contributed by atoms with Crippen LogP contribution < -0.4 is 14.8 Å². The van der Waals surface area contributed by atoms with Gasteiger partial charge in [-0.1, -0.05) is 24.3 Å². The molecule has 2 aromatic heterocycles. The minimum absolute atomic E-state index is 0.474. The van der Waals surface area contributed by atoms with E-state index < -0.39 is 0 Å². The lowest BCUT2D eigenvalue weighted by Gasteiger charge is -2.12. The molecule has 0 amide bonds. The third-order valence-corrected chi connectivity index (χ3v) is 5.01. The summed E-state index contributed by atoms with van der Waals surface area (Å²) < 4.78 is 11.6. The van der Waals surface area contributed by atoms with Crippen LogP contribution in [0.2, 0.25) is 0 Å². The average molecular weight is 404 g/mol. The van der Waals surface area contributed by atoms with E-state index in [-0.39, 0.29) is 0 Å². The fourth-order valence-corrected chi connectivity index (χ4v) is 3.50. The largest absolute Gasteiger partial charge is 0.490 e. The third-order valence-electron chi connectivity index (χ3n) is 4.25. The standard InChI is InChI=1S/C23H21N3O2S/c1-17-9-10-19(14-22(17)28-13-12-27-20-7-3-2-4-8-20)25-23-26-21(16-29-23)18-6-5-11-24-15-18/h2-11,14-16H,12-13H2,1H3,(H,25,26). The maximum atomic E-state index is 5.92. The van der Waals surface area contributed by atoms with Gasteiger partial charge in [0.2, 0.25) is 0 Å². The Labute approximate surface area is 174 Å². The number of hydrogen-bond acceptors (Lipinski definition) is 6. The fourth-order valence-electron chi connectivity index (χ4n) is 2.76. The summed E-state index contributed by atoms with van der Waals surface area (Å²) in [5, 5.41) is 6.20. The van der Waals surface area contributed by atoms with E-state index in [0.717, 1.165) is 39.1 Å². The van der Waals surface area contributed by atoms with Gasteiger partial charge in [-0.2, -0.15) is 0 Å². The Hall–Kier alpha value is -3.38. The summed E-state index contributed by atoms with van der Waals surface area (Å²) in [6.07, 6.45) is 3.57. The van der Waals surface area contributed by atoms with Gasteiger partial charge < -0.3 is 14.8 Å². The number of benzene rings is 2. The van der Waals surface area contributed by atoms with Crippen LogP contribution in [0.5, 0.6) is 11.5 Å². The van der Waals surface area contributed by atoms with Gasteiger partial charge in [-0.15, -0.1) is 11.3 Å². The number of nitrogens with zero attached hydrogens (tertiary/aromatic N) is 2. The summed E-state index contributed by atoms with van der Waals surface area (Å²) in [5.74, 6) is 1.67. The summed E-state index contributed by atoms with van der Waals surface area (Å²) in [5.41, 5.74) is 3.92. The van der Waals surface area contributed by atoms with Crippen LogP contribution in [-0.4, -0.2) is 23.2 Å². The van der Waals surface area contributed by atoms with E-state index in [2.05, 4.69) is 15.3 Å². The van der Waals surface area contributed by atoms with E-state index in [1.54, 1.807) is 17.5 Å². The van der Waals surface area contributed by atoms with E-state index in [9.17, 15) is 0 Å². The molecular weight excluding hydrogens is 382 g/mol. The Morgan fingerprint density at radius 3 is 2.66 bits per heavy atom. The molecule has 0 aliphatic rings. The number of thiazole rings is 1. The summed E-state index contributed by atoms with van der Waals surface area (Å²) in [6.45, 7) is 2.99. The van der Waals surface area contributed by atoms with Crippen molar-refractivity contribution in [2.24, 2.45) is 0 Å². The van der Waals surface area contributed by atoms with Crippen molar-refractivity contribution >= 4 is 22.2 Å². The number of hydrogen-bond donors (Lipinski definition) is 1. The maximum Gasteiger partial charge on any atom is 0.187 e. The molecule has 0 atom stereocenters. The topological polar surface area (TPSA) is 56.3 Å². The Balaban J connectivity index is 1.36. The second kappa shape index (κ2) is 9.21. The highest BCUT2D eigenvalue weighted by Gasteiger charge is 2.07. The van der Waals surface area contributed by atoms with Gasteiger partial charge in [-0.05, 0) is 42.8 Å². The quantitative estimate of drug-likeness (QED) is 0.382. The minimum atomic E-state index is 0.474. The summed E-state index contributed by atoms with van der Waals surface area (Å²) in [6, 6.07) is 19.7. The molecule has 5 nitrogen and oxygen atoms in total. The first-order valence-electron chi connectivity index (χ1n) is 9.32. The number of aryl methyl sites for hydroxylation is 1. The Bertz CT molecular complexity index is 1050. The van der Waals surface area contributed by atoms with Crippen molar-refractivity contribution in [2.45, 2.75) is 6.92 Å². The summed E-state index contributed by atoms with van der Waals surface area (Å²) >= 11 is 1.56. The molecule has 6 heteroatoms. The Morgan fingerprint density at radius 1 is 0.966 bits per heavy atom. The van der Waals surface area contributed by atoms with E-state index in [0.29, 0.717) is 13.2 Å². The number of ether oxygens (including phenoxy) is 2. The van der Waals surface area contributed by atoms with Crippen LogP contribution in [-0.2, 0) is 0 Å². The third kappa shape index (κ3) is 5.12. The molecule has 2 heterocycles. The summed E-state index contributed by atoms with van der Waals surface area (Å²) in [4.78, 5) is 8.79. The van der Waals surface area contributed by atoms with E-state index in [1.165, 1.54) is 0 Å². The monoisotopic (exact) mass is 403 g/mol. The molecule has 4 rings (SSSR count). The molecule has 0 saturated heterocycles. The van der Waals surface area contributed by atoms with Gasteiger partial charge in [0.1, 0.15) is 24.7 Å². The number of pyridine rings is 1. The first-order valence-corrected chi connectivity index (χ1v) is 10.2. The van der Waals surface area contributed by atoms with Crippen molar-refractivity contribution < 1.29 is 9.47 Å². The van der Waals surface area contributed by atoms with Gasteiger partial charge in [0.05, 0.1) is 5.69 Å². The van der Waals surface area contributed by atoms with Crippen molar-refractivity contribution in [2.75, 3.05) is 18.5 Å². The number of aromatic nitrogens is 2. The molecule has 0 unspecified atom stereocenters. The first kappa shape index (κ1) is 19.0. The highest BCUT2D eigenvalue weighted by Crippen LogP contribution is 2.29. The minimum Gasteiger partial charge on any atom is -0.490 e. The molecule has 0 bridgehead atoms. The van der Waals surface area contributed by atoms with Gasteiger partial charge in [0, 0.05) is 35.1 Å². The zero-order chi connectivity index (χ0) is 19.9. The maximum absolute atomic E-state index is 5.92. The van der Waals surface area contributed by atoms with Gasteiger partial charge in [-0.25, -0.2) is 4.98 Å². The van der Waals surface area contributed by atoms with Crippen LogP contribution in [0.15, 0.2) is 78.4 Å². The molecule has 4 aromatic rings. The molecule has 0 radical (unpaired) electrons. The highest BCUT2D eigenvalue weighted by atomic mass is 32.1.